The standard InChI is InChI=1S/C15H29NO4S/c1-5-6-7-19-12-8-15(9-12,10-13-11-20-13)16-21(17,18)14(2,3)4/h12-13,16H,5-11H2,1-4H3. The molecule has 1 saturated heterocycles. The van der Waals surface area contributed by atoms with E-state index in [9.17, 15) is 8.42 Å². The zero-order chi connectivity index (χ0) is 15.7. The molecule has 0 radical (unpaired) electrons. The van der Waals surface area contributed by atoms with Gasteiger partial charge in [-0.25, -0.2) is 13.1 Å². The van der Waals surface area contributed by atoms with Gasteiger partial charge in [0.2, 0.25) is 10.0 Å². The smallest absolute Gasteiger partial charge is 0.217 e. The van der Waals surface area contributed by atoms with Gasteiger partial charge < -0.3 is 9.47 Å². The Morgan fingerprint density at radius 3 is 2.43 bits per heavy atom. The first-order valence-electron chi connectivity index (χ1n) is 7.94. The van der Waals surface area contributed by atoms with Gasteiger partial charge >= 0.3 is 0 Å². The van der Waals surface area contributed by atoms with Crippen LogP contribution < -0.4 is 4.72 Å². The van der Waals surface area contributed by atoms with Crippen LogP contribution in [-0.2, 0) is 19.5 Å². The molecule has 1 atom stereocenters. The van der Waals surface area contributed by atoms with Crippen molar-refractivity contribution in [1.29, 1.82) is 0 Å². The maximum Gasteiger partial charge on any atom is 0.217 e. The van der Waals surface area contributed by atoms with Crippen LogP contribution >= 0.6 is 0 Å². The lowest BCUT2D eigenvalue weighted by Crippen LogP contribution is -2.62. The van der Waals surface area contributed by atoms with Gasteiger partial charge in [-0.1, -0.05) is 13.3 Å². The topological polar surface area (TPSA) is 67.9 Å². The zero-order valence-corrected chi connectivity index (χ0v) is 14.5. The molecule has 5 nitrogen and oxygen atoms in total. The molecule has 6 heteroatoms. The van der Waals surface area contributed by atoms with Crippen molar-refractivity contribution < 1.29 is 17.9 Å². The number of sulfonamides is 1. The van der Waals surface area contributed by atoms with Crippen LogP contribution in [0.15, 0.2) is 0 Å². The van der Waals surface area contributed by atoms with Crippen molar-refractivity contribution in [3.05, 3.63) is 0 Å². The molecule has 1 aliphatic heterocycles. The highest BCUT2D eigenvalue weighted by atomic mass is 32.2. The molecule has 1 heterocycles. The summed E-state index contributed by atoms with van der Waals surface area (Å²) in [5.74, 6) is 0. The van der Waals surface area contributed by atoms with Crippen LogP contribution in [0.25, 0.3) is 0 Å². The summed E-state index contributed by atoms with van der Waals surface area (Å²) in [5.41, 5.74) is -0.371. The minimum atomic E-state index is -3.34. The van der Waals surface area contributed by atoms with Crippen LogP contribution in [0.4, 0.5) is 0 Å². The molecule has 0 amide bonds. The van der Waals surface area contributed by atoms with Crippen molar-refractivity contribution in [2.24, 2.45) is 0 Å². The lowest BCUT2D eigenvalue weighted by atomic mass is 9.72. The van der Waals surface area contributed by atoms with E-state index in [2.05, 4.69) is 11.6 Å². The van der Waals surface area contributed by atoms with Gasteiger partial charge in [0.15, 0.2) is 0 Å². The molecule has 0 spiro atoms. The summed E-state index contributed by atoms with van der Waals surface area (Å²) in [6.45, 7) is 8.83. The summed E-state index contributed by atoms with van der Waals surface area (Å²) in [7, 11) is -3.34. The highest BCUT2D eigenvalue weighted by Crippen LogP contribution is 2.42. The molecule has 0 bridgehead atoms. The Morgan fingerprint density at radius 2 is 1.95 bits per heavy atom. The molecule has 0 aromatic carbocycles. The second-order valence-electron chi connectivity index (χ2n) is 7.41. The summed E-state index contributed by atoms with van der Waals surface area (Å²) in [6, 6.07) is 0. The maximum absolute atomic E-state index is 12.4. The fraction of sp³-hybridized carbons (Fsp3) is 1.00. The minimum absolute atomic E-state index is 0.179. The third-order valence-corrected chi connectivity index (χ3v) is 6.58. The molecule has 1 saturated carbocycles. The van der Waals surface area contributed by atoms with Crippen LogP contribution in [0.1, 0.15) is 59.8 Å². The van der Waals surface area contributed by atoms with Gasteiger partial charge in [0.1, 0.15) is 0 Å². The Balaban J connectivity index is 1.94. The lowest BCUT2D eigenvalue weighted by molar-refractivity contribution is -0.0534. The van der Waals surface area contributed by atoms with Crippen LogP contribution in [-0.4, -0.2) is 44.1 Å². The van der Waals surface area contributed by atoms with Crippen LogP contribution in [0, 0.1) is 0 Å². The van der Waals surface area contributed by atoms with Gasteiger partial charge in [0.05, 0.1) is 23.6 Å². The summed E-state index contributed by atoms with van der Waals surface area (Å²) in [5, 5.41) is 0. The summed E-state index contributed by atoms with van der Waals surface area (Å²) in [6.07, 6.45) is 4.84. The van der Waals surface area contributed by atoms with Gasteiger partial charge in [-0.3, -0.25) is 0 Å². The van der Waals surface area contributed by atoms with E-state index in [1.165, 1.54) is 0 Å². The van der Waals surface area contributed by atoms with Crippen molar-refractivity contribution in [3.63, 3.8) is 0 Å². The quantitative estimate of drug-likeness (QED) is 0.550. The van der Waals surface area contributed by atoms with Crippen LogP contribution in [0.2, 0.25) is 0 Å². The molecule has 2 rings (SSSR count). The number of nitrogens with one attached hydrogen (secondary N) is 1. The lowest BCUT2D eigenvalue weighted by Gasteiger charge is -2.48. The molecule has 124 valence electrons. The predicted octanol–water partition coefficient (Wildman–Crippen LogP) is 2.21. The van der Waals surface area contributed by atoms with Gasteiger partial charge in [0.25, 0.3) is 0 Å². The van der Waals surface area contributed by atoms with Gasteiger partial charge in [-0.2, -0.15) is 0 Å². The van der Waals surface area contributed by atoms with E-state index in [0.29, 0.717) is 0 Å². The van der Waals surface area contributed by atoms with E-state index in [-0.39, 0.29) is 17.7 Å². The molecule has 2 fully saturated rings. The van der Waals surface area contributed by atoms with Crippen LogP contribution in [0.3, 0.4) is 0 Å². The van der Waals surface area contributed by atoms with E-state index in [1.807, 2.05) is 0 Å². The highest BCUT2D eigenvalue weighted by Gasteiger charge is 2.51. The maximum atomic E-state index is 12.4. The molecule has 0 aromatic heterocycles. The summed E-state index contributed by atoms with van der Waals surface area (Å²) < 4.78 is 38.1. The Labute approximate surface area is 128 Å². The van der Waals surface area contributed by atoms with E-state index in [4.69, 9.17) is 9.47 Å². The predicted molar refractivity (Wildman–Crippen MR) is 82.8 cm³/mol. The summed E-state index contributed by atoms with van der Waals surface area (Å²) >= 11 is 0. The molecule has 2 aliphatic rings. The van der Waals surface area contributed by atoms with Crippen molar-refractivity contribution in [2.45, 2.75) is 82.3 Å². The largest absolute Gasteiger partial charge is 0.378 e. The highest BCUT2D eigenvalue weighted by molar-refractivity contribution is 7.90. The average Bonchev–Trinajstić information content (AvgIpc) is 3.08. The number of hydrogen-bond donors (Lipinski definition) is 1. The van der Waals surface area contributed by atoms with E-state index >= 15 is 0 Å². The first-order valence-corrected chi connectivity index (χ1v) is 9.42. The van der Waals surface area contributed by atoms with Gasteiger partial charge in [-0.15, -0.1) is 0 Å². The Morgan fingerprint density at radius 1 is 1.33 bits per heavy atom. The monoisotopic (exact) mass is 319 g/mol. The van der Waals surface area contributed by atoms with E-state index in [1.54, 1.807) is 20.8 Å². The molecule has 0 aromatic rings. The van der Waals surface area contributed by atoms with Crippen molar-refractivity contribution in [3.8, 4) is 0 Å². The molecule has 21 heavy (non-hydrogen) atoms. The van der Waals surface area contributed by atoms with Crippen LogP contribution in [0.5, 0.6) is 0 Å². The second kappa shape index (κ2) is 6.14. The Bertz CT molecular complexity index is 445. The SMILES string of the molecule is CCCCOC1CC(CC2CO2)(NS(=O)(=O)C(C)(C)C)C1. The molecular weight excluding hydrogens is 290 g/mol. The summed E-state index contributed by atoms with van der Waals surface area (Å²) in [4.78, 5) is 0. The number of rotatable bonds is 8. The zero-order valence-electron chi connectivity index (χ0n) is 13.6. The third kappa shape index (κ3) is 4.41. The Kier molecular flexibility index (Phi) is 5.03. The minimum Gasteiger partial charge on any atom is -0.378 e. The second-order valence-corrected chi connectivity index (χ2v) is 9.85. The van der Waals surface area contributed by atoms with Gasteiger partial charge in [0, 0.05) is 12.1 Å². The fourth-order valence-corrected chi connectivity index (χ4v) is 3.80. The normalized spacial score (nSPS) is 32.8. The number of ether oxygens (including phenoxy) is 2. The first-order chi connectivity index (χ1) is 9.67. The van der Waals surface area contributed by atoms with E-state index in [0.717, 1.165) is 45.3 Å². The first kappa shape index (κ1) is 17.2. The molecule has 1 unspecified atom stereocenters. The van der Waals surface area contributed by atoms with E-state index < -0.39 is 14.8 Å². The molecule has 1 N–H and O–H groups in total. The Hall–Kier alpha value is -0.170. The number of unbranched alkanes of at least 4 members (excludes halogenated alkanes) is 1. The third-order valence-electron chi connectivity index (χ3n) is 4.27. The van der Waals surface area contributed by atoms with Crippen molar-refractivity contribution in [1.82, 2.24) is 4.72 Å². The number of epoxide rings is 1. The van der Waals surface area contributed by atoms with Crippen molar-refractivity contribution in [2.75, 3.05) is 13.2 Å². The molecule has 1 aliphatic carbocycles. The fourth-order valence-electron chi connectivity index (χ4n) is 2.68. The molecular formula is C15H29NO4S. The number of hydrogen-bond acceptors (Lipinski definition) is 4. The average molecular weight is 319 g/mol. The van der Waals surface area contributed by atoms with Crippen molar-refractivity contribution >= 4 is 10.0 Å². The van der Waals surface area contributed by atoms with Gasteiger partial charge in [-0.05, 0) is 46.5 Å².